The fourth-order valence-corrected chi connectivity index (χ4v) is 2.64. The van der Waals surface area contributed by atoms with Crippen LogP contribution in [-0.4, -0.2) is 22.1 Å². The third kappa shape index (κ3) is 2.96. The van der Waals surface area contributed by atoms with Crippen molar-refractivity contribution in [2.45, 2.75) is 25.5 Å². The van der Waals surface area contributed by atoms with Gasteiger partial charge < -0.3 is 15.4 Å². The summed E-state index contributed by atoms with van der Waals surface area (Å²) in [4.78, 5) is 15.0. The summed E-state index contributed by atoms with van der Waals surface area (Å²) in [6.45, 7) is 4.08. The third-order valence-electron chi connectivity index (χ3n) is 3.80. The molecule has 4 nitrogen and oxygen atoms in total. The molecule has 1 fully saturated rings. The number of carbonyl (C=O) groups excluding carboxylic acids is 1. The lowest BCUT2D eigenvalue weighted by atomic mass is 10.1. The number of fused-ring (bicyclic) bond motifs is 1. The van der Waals surface area contributed by atoms with Gasteiger partial charge in [-0.25, -0.2) is 0 Å². The molecule has 1 unspecified atom stereocenters. The molecule has 1 saturated carbocycles. The zero-order valence-corrected chi connectivity index (χ0v) is 12.3. The van der Waals surface area contributed by atoms with Crippen LogP contribution in [-0.2, 0) is 11.3 Å². The van der Waals surface area contributed by atoms with Gasteiger partial charge in [-0.15, -0.1) is 0 Å². The first-order valence-corrected chi connectivity index (χ1v) is 7.35. The molecule has 0 radical (unpaired) electrons. The molecule has 3 N–H and O–H groups in total. The van der Waals surface area contributed by atoms with Crippen LogP contribution in [0, 0.1) is 5.92 Å². The van der Waals surface area contributed by atoms with Crippen LogP contribution >= 0.6 is 11.6 Å². The molecule has 1 aromatic heterocycles. The number of aromatic nitrogens is 1. The molecule has 1 aliphatic rings. The van der Waals surface area contributed by atoms with E-state index in [0.29, 0.717) is 11.6 Å². The van der Waals surface area contributed by atoms with Gasteiger partial charge in [0.05, 0.1) is 6.54 Å². The van der Waals surface area contributed by atoms with E-state index in [-0.39, 0.29) is 11.8 Å². The van der Waals surface area contributed by atoms with E-state index in [2.05, 4.69) is 16.9 Å². The van der Waals surface area contributed by atoms with Crippen LogP contribution in [0.2, 0.25) is 5.02 Å². The van der Waals surface area contributed by atoms with Crippen molar-refractivity contribution in [3.05, 3.63) is 41.1 Å². The Morgan fingerprint density at radius 1 is 1.52 bits per heavy atom. The van der Waals surface area contributed by atoms with E-state index in [4.69, 9.17) is 11.6 Å². The molecule has 0 aliphatic heterocycles. The fraction of sp³-hybridized carbons (Fsp3) is 0.312. The van der Waals surface area contributed by atoms with E-state index in [9.17, 15) is 9.90 Å². The van der Waals surface area contributed by atoms with Crippen LogP contribution in [0.4, 0.5) is 0 Å². The van der Waals surface area contributed by atoms with E-state index < -0.39 is 6.10 Å². The highest BCUT2D eigenvalue weighted by Crippen LogP contribution is 2.32. The normalized spacial score (nSPS) is 15.9. The minimum absolute atomic E-state index is 0.140. The van der Waals surface area contributed by atoms with Gasteiger partial charge >= 0.3 is 0 Å². The molecule has 1 amide bonds. The minimum atomic E-state index is -0.879. The second-order valence-corrected chi connectivity index (χ2v) is 5.87. The first kappa shape index (κ1) is 14.2. The molecule has 0 bridgehead atoms. The van der Waals surface area contributed by atoms with Crippen LogP contribution in [0.5, 0.6) is 0 Å². The van der Waals surface area contributed by atoms with Crippen LogP contribution in [0.3, 0.4) is 0 Å². The summed E-state index contributed by atoms with van der Waals surface area (Å²) < 4.78 is 0. The van der Waals surface area contributed by atoms with Crippen molar-refractivity contribution in [2.24, 2.45) is 5.92 Å². The van der Waals surface area contributed by atoms with E-state index in [1.54, 1.807) is 6.08 Å². The number of benzene rings is 1. The fourth-order valence-electron chi connectivity index (χ4n) is 2.39. The standard InChI is InChI=1S/C16H17ClN2O2/c1-2-9-7-14-11(6-13(9)17)5-12(19-14)8-18-16(21)15(20)10-3-4-10/h2,5-7,10,15,19-20H,1,3-4,8H2,(H,18,21). The predicted octanol–water partition coefficient (Wildman–Crippen LogP) is 2.85. The van der Waals surface area contributed by atoms with Crippen molar-refractivity contribution < 1.29 is 9.90 Å². The lowest BCUT2D eigenvalue weighted by molar-refractivity contribution is -0.130. The van der Waals surface area contributed by atoms with Gasteiger partial charge in [0.15, 0.2) is 0 Å². The van der Waals surface area contributed by atoms with Crippen LogP contribution in [0.1, 0.15) is 24.1 Å². The quantitative estimate of drug-likeness (QED) is 0.795. The second kappa shape index (κ2) is 5.54. The Morgan fingerprint density at radius 3 is 2.95 bits per heavy atom. The van der Waals surface area contributed by atoms with Crippen molar-refractivity contribution in [1.82, 2.24) is 10.3 Å². The van der Waals surface area contributed by atoms with Gasteiger partial charge in [0.1, 0.15) is 6.10 Å². The Hall–Kier alpha value is -1.78. The van der Waals surface area contributed by atoms with E-state index in [1.165, 1.54) is 0 Å². The zero-order valence-electron chi connectivity index (χ0n) is 11.5. The van der Waals surface area contributed by atoms with Crippen molar-refractivity contribution in [3.63, 3.8) is 0 Å². The molecule has 1 atom stereocenters. The van der Waals surface area contributed by atoms with E-state index >= 15 is 0 Å². The molecular formula is C16H17ClN2O2. The maximum Gasteiger partial charge on any atom is 0.249 e. The number of aromatic amines is 1. The maximum absolute atomic E-state index is 11.8. The van der Waals surface area contributed by atoms with Crippen molar-refractivity contribution in [2.75, 3.05) is 0 Å². The number of halogens is 1. The number of amides is 1. The molecule has 21 heavy (non-hydrogen) atoms. The summed E-state index contributed by atoms with van der Waals surface area (Å²) in [5, 5.41) is 14.1. The van der Waals surface area contributed by atoms with E-state index in [1.807, 2.05) is 18.2 Å². The van der Waals surface area contributed by atoms with Gasteiger partial charge in [0.25, 0.3) is 0 Å². The first-order chi connectivity index (χ1) is 10.1. The van der Waals surface area contributed by atoms with Crippen molar-refractivity contribution in [1.29, 1.82) is 0 Å². The molecule has 0 saturated heterocycles. The molecule has 2 aromatic rings. The molecule has 5 heteroatoms. The minimum Gasteiger partial charge on any atom is -0.383 e. The summed E-state index contributed by atoms with van der Waals surface area (Å²) in [5.41, 5.74) is 2.69. The number of aliphatic hydroxyl groups excluding tert-OH is 1. The highest BCUT2D eigenvalue weighted by Gasteiger charge is 2.34. The average molecular weight is 305 g/mol. The Morgan fingerprint density at radius 2 is 2.29 bits per heavy atom. The largest absolute Gasteiger partial charge is 0.383 e. The van der Waals surface area contributed by atoms with E-state index in [0.717, 1.165) is 35.0 Å². The Bertz CT molecular complexity index is 704. The van der Waals surface area contributed by atoms with Gasteiger partial charge in [-0.05, 0) is 42.5 Å². The lowest BCUT2D eigenvalue weighted by Crippen LogP contribution is -2.35. The summed E-state index contributed by atoms with van der Waals surface area (Å²) >= 11 is 6.14. The number of hydrogen-bond acceptors (Lipinski definition) is 2. The lowest BCUT2D eigenvalue weighted by Gasteiger charge is -2.09. The molecule has 0 spiro atoms. The number of hydrogen-bond donors (Lipinski definition) is 3. The molecule has 1 aromatic carbocycles. The maximum atomic E-state index is 11.8. The number of nitrogens with one attached hydrogen (secondary N) is 2. The van der Waals surface area contributed by atoms with Crippen molar-refractivity contribution >= 4 is 34.5 Å². The predicted molar refractivity (Wildman–Crippen MR) is 84.0 cm³/mol. The summed E-state index contributed by atoms with van der Waals surface area (Å²) in [6, 6.07) is 5.74. The SMILES string of the molecule is C=Cc1cc2[nH]c(CNC(=O)C(O)C3CC3)cc2cc1Cl. The van der Waals surface area contributed by atoms with Crippen LogP contribution < -0.4 is 5.32 Å². The highest BCUT2D eigenvalue weighted by atomic mass is 35.5. The van der Waals surface area contributed by atoms with Crippen LogP contribution in [0.25, 0.3) is 17.0 Å². The number of H-pyrrole nitrogens is 1. The second-order valence-electron chi connectivity index (χ2n) is 5.46. The summed E-state index contributed by atoms with van der Waals surface area (Å²) in [6.07, 6.45) is 2.69. The van der Waals surface area contributed by atoms with Gasteiger partial charge in [0.2, 0.25) is 5.91 Å². The zero-order chi connectivity index (χ0) is 15.0. The van der Waals surface area contributed by atoms with Gasteiger partial charge in [-0.1, -0.05) is 24.3 Å². The third-order valence-corrected chi connectivity index (χ3v) is 4.13. The van der Waals surface area contributed by atoms with Crippen molar-refractivity contribution in [3.8, 4) is 0 Å². The van der Waals surface area contributed by atoms with Crippen LogP contribution in [0.15, 0.2) is 24.8 Å². The molecular weight excluding hydrogens is 288 g/mol. The topological polar surface area (TPSA) is 65.1 Å². The molecule has 1 heterocycles. The molecule has 110 valence electrons. The molecule has 3 rings (SSSR count). The Labute approximate surface area is 127 Å². The smallest absolute Gasteiger partial charge is 0.249 e. The summed E-state index contributed by atoms with van der Waals surface area (Å²) in [7, 11) is 0. The Kier molecular flexibility index (Phi) is 3.74. The first-order valence-electron chi connectivity index (χ1n) is 6.98. The van der Waals surface area contributed by atoms with Gasteiger partial charge in [0, 0.05) is 21.6 Å². The number of carbonyl (C=O) groups is 1. The number of aliphatic hydroxyl groups is 1. The van der Waals surface area contributed by atoms with Gasteiger partial charge in [-0.3, -0.25) is 4.79 Å². The number of rotatable bonds is 5. The highest BCUT2D eigenvalue weighted by molar-refractivity contribution is 6.32. The average Bonchev–Trinajstić information content (AvgIpc) is 3.24. The monoisotopic (exact) mass is 304 g/mol. The Balaban J connectivity index is 1.72. The van der Waals surface area contributed by atoms with Gasteiger partial charge in [-0.2, -0.15) is 0 Å². The summed E-state index contributed by atoms with van der Waals surface area (Å²) in [5.74, 6) is -0.164. The molecule has 1 aliphatic carbocycles.